The van der Waals surface area contributed by atoms with Crippen molar-refractivity contribution in [1.82, 2.24) is 0 Å². The molecule has 1 aliphatic rings. The van der Waals surface area contributed by atoms with Crippen LogP contribution in [0.15, 0.2) is 28.3 Å². The van der Waals surface area contributed by atoms with Crippen LogP contribution in [0.4, 0.5) is 5.69 Å². The highest BCUT2D eigenvalue weighted by Crippen LogP contribution is 2.33. The van der Waals surface area contributed by atoms with Crippen molar-refractivity contribution in [1.29, 1.82) is 0 Å². The molecule has 1 aliphatic heterocycles. The van der Waals surface area contributed by atoms with Crippen molar-refractivity contribution in [2.75, 3.05) is 24.2 Å². The Labute approximate surface area is 125 Å². The first-order valence-electron chi connectivity index (χ1n) is 6.98. The first kappa shape index (κ1) is 15.0. The third-order valence-electron chi connectivity index (χ3n) is 4.26. The number of oxime groups is 1. The van der Waals surface area contributed by atoms with Gasteiger partial charge in [-0.15, -0.1) is 11.8 Å². The third-order valence-corrected chi connectivity index (χ3v) is 5.04. The van der Waals surface area contributed by atoms with E-state index in [-0.39, 0.29) is 5.84 Å². The number of thioether (sulfide) groups is 1. The van der Waals surface area contributed by atoms with Gasteiger partial charge in [-0.3, -0.25) is 0 Å². The van der Waals surface area contributed by atoms with Crippen LogP contribution in [0.5, 0.6) is 0 Å². The average molecular weight is 293 g/mol. The predicted octanol–water partition coefficient (Wildman–Crippen LogP) is 2.99. The fourth-order valence-corrected chi connectivity index (χ4v) is 3.37. The smallest absolute Gasteiger partial charge is 0.173 e. The van der Waals surface area contributed by atoms with Crippen LogP contribution in [0.1, 0.15) is 25.8 Å². The van der Waals surface area contributed by atoms with Crippen molar-refractivity contribution in [3.05, 3.63) is 23.8 Å². The van der Waals surface area contributed by atoms with E-state index < -0.39 is 0 Å². The minimum absolute atomic E-state index is 0.191. The van der Waals surface area contributed by atoms with Gasteiger partial charge in [0.05, 0.1) is 5.56 Å². The maximum absolute atomic E-state index is 9.06. The van der Waals surface area contributed by atoms with Gasteiger partial charge in [-0.25, -0.2) is 0 Å². The van der Waals surface area contributed by atoms with Crippen LogP contribution < -0.4 is 10.6 Å². The van der Waals surface area contributed by atoms with Crippen LogP contribution in [0.25, 0.3) is 0 Å². The molecule has 0 aliphatic carbocycles. The predicted molar refractivity (Wildman–Crippen MR) is 85.9 cm³/mol. The highest BCUT2D eigenvalue weighted by Gasteiger charge is 2.25. The Morgan fingerprint density at radius 3 is 2.75 bits per heavy atom. The molecule has 4 nitrogen and oxygen atoms in total. The van der Waals surface area contributed by atoms with Crippen molar-refractivity contribution >= 4 is 23.3 Å². The van der Waals surface area contributed by atoms with E-state index >= 15 is 0 Å². The van der Waals surface area contributed by atoms with Crippen molar-refractivity contribution in [3.63, 3.8) is 0 Å². The Balaban J connectivity index is 2.41. The number of rotatable bonds is 3. The summed E-state index contributed by atoms with van der Waals surface area (Å²) in [4.78, 5) is 3.40. The largest absolute Gasteiger partial charge is 0.409 e. The van der Waals surface area contributed by atoms with Gasteiger partial charge in [0.1, 0.15) is 0 Å². The van der Waals surface area contributed by atoms with E-state index in [0.29, 0.717) is 5.92 Å². The molecule has 0 amide bonds. The van der Waals surface area contributed by atoms with Gasteiger partial charge in [-0.2, -0.15) is 0 Å². The van der Waals surface area contributed by atoms with Gasteiger partial charge in [-0.1, -0.05) is 25.1 Å². The van der Waals surface area contributed by atoms with E-state index in [0.717, 1.165) is 35.2 Å². The standard InChI is InChI=1S/C15H23N3OS/c1-10-7-8-18(9-11(10)2)12-5-4-6-13(20-3)14(12)15(16)17-19/h4-6,10-11,19H,7-9H2,1-3H3,(H2,16,17). The van der Waals surface area contributed by atoms with Gasteiger partial charge in [-0.05, 0) is 36.6 Å². The van der Waals surface area contributed by atoms with Crippen LogP contribution in [0, 0.1) is 11.8 Å². The van der Waals surface area contributed by atoms with Gasteiger partial charge in [0.25, 0.3) is 0 Å². The van der Waals surface area contributed by atoms with Crippen molar-refractivity contribution in [2.24, 2.45) is 22.7 Å². The Morgan fingerprint density at radius 2 is 2.15 bits per heavy atom. The first-order chi connectivity index (χ1) is 9.58. The summed E-state index contributed by atoms with van der Waals surface area (Å²) in [6.45, 7) is 6.64. The monoisotopic (exact) mass is 293 g/mol. The van der Waals surface area contributed by atoms with E-state index in [4.69, 9.17) is 10.9 Å². The molecule has 0 saturated carbocycles. The van der Waals surface area contributed by atoms with Crippen LogP contribution >= 0.6 is 11.8 Å². The number of piperidine rings is 1. The quantitative estimate of drug-likeness (QED) is 0.296. The fourth-order valence-electron chi connectivity index (χ4n) is 2.74. The molecule has 1 saturated heterocycles. The van der Waals surface area contributed by atoms with Crippen LogP contribution in [-0.4, -0.2) is 30.4 Å². The number of amidine groups is 1. The molecule has 3 N–H and O–H groups in total. The number of hydrogen-bond acceptors (Lipinski definition) is 4. The number of anilines is 1. The molecule has 5 heteroatoms. The maximum Gasteiger partial charge on any atom is 0.173 e. The zero-order valence-corrected chi connectivity index (χ0v) is 13.2. The summed E-state index contributed by atoms with van der Waals surface area (Å²) in [5.74, 6) is 1.60. The molecule has 20 heavy (non-hydrogen) atoms. The second-order valence-electron chi connectivity index (χ2n) is 5.53. The van der Waals surface area contributed by atoms with Gasteiger partial charge in [0, 0.05) is 23.7 Å². The molecule has 0 spiro atoms. The average Bonchev–Trinajstić information content (AvgIpc) is 2.48. The lowest BCUT2D eigenvalue weighted by Crippen LogP contribution is -2.39. The first-order valence-corrected chi connectivity index (χ1v) is 8.20. The molecule has 110 valence electrons. The van der Waals surface area contributed by atoms with E-state index in [2.05, 4.69) is 30.0 Å². The van der Waals surface area contributed by atoms with E-state index in [1.165, 1.54) is 6.42 Å². The molecular weight excluding hydrogens is 270 g/mol. The van der Waals surface area contributed by atoms with Crippen molar-refractivity contribution in [2.45, 2.75) is 25.2 Å². The summed E-state index contributed by atoms with van der Waals surface area (Å²) < 4.78 is 0. The zero-order chi connectivity index (χ0) is 14.7. The Hall–Kier alpha value is -1.36. The van der Waals surface area contributed by atoms with E-state index in [1.807, 2.05) is 18.4 Å². The molecule has 2 unspecified atom stereocenters. The fraction of sp³-hybridized carbons (Fsp3) is 0.533. The van der Waals surface area contributed by atoms with Crippen molar-refractivity contribution in [3.8, 4) is 0 Å². The lowest BCUT2D eigenvalue weighted by atomic mass is 9.88. The topological polar surface area (TPSA) is 61.8 Å². The normalized spacial score (nSPS) is 23.9. The molecular formula is C15H23N3OS. The second kappa shape index (κ2) is 6.39. The number of hydrogen-bond donors (Lipinski definition) is 2. The highest BCUT2D eigenvalue weighted by atomic mass is 32.2. The van der Waals surface area contributed by atoms with Crippen LogP contribution in [0.3, 0.4) is 0 Å². The highest BCUT2D eigenvalue weighted by molar-refractivity contribution is 7.98. The molecule has 0 aromatic heterocycles. The molecule has 2 rings (SSSR count). The zero-order valence-electron chi connectivity index (χ0n) is 12.3. The molecule has 1 fully saturated rings. The number of nitrogens with zero attached hydrogens (tertiary/aromatic N) is 2. The molecule has 0 bridgehead atoms. The van der Waals surface area contributed by atoms with E-state index in [1.54, 1.807) is 11.8 Å². The van der Waals surface area contributed by atoms with Gasteiger partial charge in [0.2, 0.25) is 0 Å². The molecule has 2 atom stereocenters. The molecule has 0 radical (unpaired) electrons. The molecule has 1 aromatic rings. The summed E-state index contributed by atoms with van der Waals surface area (Å²) >= 11 is 1.62. The Kier molecular flexibility index (Phi) is 4.81. The summed E-state index contributed by atoms with van der Waals surface area (Å²) in [6.07, 6.45) is 3.19. The SMILES string of the molecule is CSc1cccc(N2CCC(C)C(C)C2)c1/C(N)=N/O. The second-order valence-corrected chi connectivity index (χ2v) is 6.38. The van der Waals surface area contributed by atoms with Crippen molar-refractivity contribution < 1.29 is 5.21 Å². The Morgan fingerprint density at radius 1 is 1.40 bits per heavy atom. The maximum atomic E-state index is 9.06. The van der Waals surface area contributed by atoms with Gasteiger partial charge >= 0.3 is 0 Å². The van der Waals surface area contributed by atoms with Gasteiger partial charge < -0.3 is 15.8 Å². The lowest BCUT2D eigenvalue weighted by molar-refractivity contribution is 0.318. The summed E-state index contributed by atoms with van der Waals surface area (Å²) in [6, 6.07) is 6.12. The lowest BCUT2D eigenvalue weighted by Gasteiger charge is -2.38. The van der Waals surface area contributed by atoms with Crippen LogP contribution in [-0.2, 0) is 0 Å². The summed E-state index contributed by atoms with van der Waals surface area (Å²) in [5.41, 5.74) is 7.83. The van der Waals surface area contributed by atoms with E-state index in [9.17, 15) is 0 Å². The number of nitrogens with two attached hydrogens (primary N) is 1. The third kappa shape index (κ3) is 2.87. The molecule has 1 heterocycles. The van der Waals surface area contributed by atoms with Gasteiger partial charge in [0.15, 0.2) is 5.84 Å². The minimum atomic E-state index is 0.191. The molecule has 1 aromatic carbocycles. The Bertz CT molecular complexity index is 504. The minimum Gasteiger partial charge on any atom is -0.409 e. The number of benzene rings is 1. The van der Waals surface area contributed by atoms with Crippen LogP contribution in [0.2, 0.25) is 0 Å². The summed E-state index contributed by atoms with van der Waals surface area (Å²) in [5, 5.41) is 12.3. The summed E-state index contributed by atoms with van der Waals surface area (Å²) in [7, 11) is 0.